The number of esters is 2. The van der Waals surface area contributed by atoms with Crippen molar-refractivity contribution in [1.82, 2.24) is 0 Å². The van der Waals surface area contributed by atoms with Crippen LogP contribution in [-0.2, 0) is 41.0 Å². The Kier molecular flexibility index (Phi) is 44.0. The Morgan fingerprint density at radius 3 is 1.39 bits per heavy atom. The van der Waals surface area contributed by atoms with E-state index in [9.17, 15) is 57.3 Å². The van der Waals surface area contributed by atoms with Crippen LogP contribution in [0.4, 0.5) is 26.3 Å². The lowest BCUT2D eigenvalue weighted by Crippen LogP contribution is -2.61. The van der Waals surface area contributed by atoms with Crippen molar-refractivity contribution in [3.8, 4) is 33.3 Å². The molecule has 8 aromatic rings. The molecule has 0 bridgehead atoms. The van der Waals surface area contributed by atoms with Gasteiger partial charge in [-0.05, 0) is 191 Å². The third kappa shape index (κ3) is 25.5. The molecule has 0 radical (unpaired) electrons. The number of carbonyl (C=O) groups is 2. The summed E-state index contributed by atoms with van der Waals surface area (Å²) in [5.41, 5.74) is 4.91. The van der Waals surface area contributed by atoms with Crippen molar-refractivity contribution in [2.24, 2.45) is 11.3 Å². The molecule has 9 rings (SSSR count). The maximum atomic E-state index is 13.6. The number of phenols is 1. The highest BCUT2D eigenvalue weighted by molar-refractivity contribution is 7.88. The Morgan fingerprint density at radius 1 is 0.559 bits per heavy atom. The summed E-state index contributed by atoms with van der Waals surface area (Å²) < 4.78 is 151. The number of hydrogen-bond donors (Lipinski definition) is 2. The molecule has 12 nitrogen and oxygen atoms in total. The molecular formula is C81H118F6O12S3. The minimum atomic E-state index is -7.33. The summed E-state index contributed by atoms with van der Waals surface area (Å²) >= 11 is 0. The first-order valence-corrected chi connectivity index (χ1v) is 35.4. The Labute approximate surface area is 611 Å². The summed E-state index contributed by atoms with van der Waals surface area (Å²) in [5.74, 6) is -6.75. The van der Waals surface area contributed by atoms with E-state index in [2.05, 4.69) is 110 Å². The smallest absolute Gasteiger partial charge is 0.450 e. The number of aromatic hydroxyl groups is 1. The number of hydrogen-bond acceptors (Lipinski definition) is 12. The van der Waals surface area contributed by atoms with Crippen molar-refractivity contribution >= 4 is 62.8 Å². The zero-order chi connectivity index (χ0) is 69.9. The Hall–Kier alpha value is -7.30. The average Bonchev–Trinajstić information content (AvgIpc) is 0.911. The van der Waals surface area contributed by atoms with E-state index in [1.807, 2.05) is 96.1 Å². The van der Waals surface area contributed by atoms with Crippen LogP contribution < -0.4 is 8.92 Å². The maximum Gasteiger partial charge on any atom is 0.450 e. The lowest BCUT2D eigenvalue weighted by atomic mass is 9.89. The van der Waals surface area contributed by atoms with Gasteiger partial charge in [-0.15, -0.1) is 0 Å². The number of benzene rings is 7. The number of rotatable bonds is 21. The van der Waals surface area contributed by atoms with Gasteiger partial charge in [-0.2, -0.15) is 34.8 Å². The van der Waals surface area contributed by atoms with Crippen molar-refractivity contribution in [2.75, 3.05) is 6.61 Å². The number of aliphatic hydroxyl groups excluding tert-OH is 1. The predicted octanol–water partition coefficient (Wildman–Crippen LogP) is 24.5. The molecular weight excluding hydrogens is 1380 g/mol. The van der Waals surface area contributed by atoms with Crippen LogP contribution in [-0.4, -0.2) is 72.2 Å². The van der Waals surface area contributed by atoms with Gasteiger partial charge in [0.25, 0.3) is 0 Å². The Balaban J connectivity index is -0.000000591. The quantitative estimate of drug-likeness (QED) is 0.0173. The van der Waals surface area contributed by atoms with Crippen molar-refractivity contribution < 1.29 is 81.2 Å². The van der Waals surface area contributed by atoms with Crippen LogP contribution in [0.25, 0.3) is 36.2 Å². The van der Waals surface area contributed by atoms with E-state index >= 15 is 0 Å². The average molecular weight is 1490 g/mol. The van der Waals surface area contributed by atoms with E-state index in [0.717, 1.165) is 68.2 Å². The van der Waals surface area contributed by atoms with Gasteiger partial charge in [0.15, 0.2) is 24.4 Å². The van der Waals surface area contributed by atoms with Crippen LogP contribution in [0.1, 0.15) is 215 Å². The van der Waals surface area contributed by atoms with Gasteiger partial charge in [0.1, 0.15) is 22.8 Å². The van der Waals surface area contributed by atoms with Gasteiger partial charge in [-0.3, -0.25) is 9.59 Å². The maximum absolute atomic E-state index is 13.6. The number of alkyl halides is 6. The second kappa shape index (κ2) is 44.4. The molecule has 1 fully saturated rings. The minimum absolute atomic E-state index is 0. The second-order valence-electron chi connectivity index (χ2n) is 23.8. The standard InChI is InChI=1S/C20H17OS.C17H18O2.C13H14F6O6S2.C13H24O2.C10H14O.8CH4/c21-14-13-15-9-11-16(12-10-15)22-19-7-3-1-5-17(19)18-6-2-4-8-20(18)22;1-3-13(2)17(18)19-16-11-9-15(10-12-16)14-7-5-4-6-8-14;1-3-8(2)9-4-6-10(7-5-9)25-27(23,24)13(18,19)11(14,15)12(16,17)26(20,21)22;1-5-12(3,4)11(14)15-13(6-2)9-7-8-10-13;1-3-8(2)9-4-6-10(11)7-5-9;;;;;;;;/h1-12,21H,13-14H2;4-13H,3H2,1-2H3;4-8H,3H2,1-2H3,(H,20,21,22);5-10H2,1-4H3;4-8,11H,3H2,1-2H3;8*1H4/q+1;;;;;;;;;;;;/p-1. The van der Waals surface area contributed by atoms with Gasteiger partial charge in [0.2, 0.25) is 0 Å². The molecule has 1 aliphatic rings. The second-order valence-corrected chi connectivity index (χ2v) is 28.8. The molecule has 102 heavy (non-hydrogen) atoms. The molecule has 0 amide bonds. The van der Waals surface area contributed by atoms with Crippen LogP contribution in [0, 0.1) is 11.3 Å². The predicted molar refractivity (Wildman–Crippen MR) is 415 cm³/mol. The molecule has 1 saturated carbocycles. The molecule has 7 aromatic carbocycles. The molecule has 1 aromatic heterocycles. The molecule has 3 atom stereocenters. The molecule has 0 saturated heterocycles. The zero-order valence-electron chi connectivity index (χ0n) is 54.7. The number of thiophene rings is 1. The fourth-order valence-electron chi connectivity index (χ4n) is 9.57. The Bertz CT molecular complexity index is 3860. The van der Waals surface area contributed by atoms with Crippen LogP contribution in [0.5, 0.6) is 17.2 Å². The molecule has 3 unspecified atom stereocenters. The van der Waals surface area contributed by atoms with E-state index in [1.54, 1.807) is 19.1 Å². The topological polar surface area (TPSA) is 194 Å². The highest BCUT2D eigenvalue weighted by Crippen LogP contribution is 2.52. The van der Waals surface area contributed by atoms with Crippen LogP contribution >= 0.6 is 10.5 Å². The number of carbonyl (C=O) groups excluding carboxylic acids is 2. The number of fused-ring (bicyclic) bond motifs is 3. The summed E-state index contributed by atoms with van der Waals surface area (Å²) in [4.78, 5) is 25.0. The van der Waals surface area contributed by atoms with E-state index in [-0.39, 0.29) is 111 Å². The van der Waals surface area contributed by atoms with Gasteiger partial charge in [0.05, 0.1) is 11.3 Å². The van der Waals surface area contributed by atoms with E-state index in [0.29, 0.717) is 29.4 Å². The number of ether oxygens (including phenoxy) is 2. The van der Waals surface area contributed by atoms with Gasteiger partial charge in [-0.1, -0.05) is 218 Å². The molecule has 0 spiro atoms. The molecule has 1 aliphatic carbocycles. The van der Waals surface area contributed by atoms with E-state index in [4.69, 9.17) is 19.7 Å². The summed E-state index contributed by atoms with van der Waals surface area (Å²) in [6.07, 6.45) is 9.62. The number of halogens is 6. The lowest BCUT2D eigenvalue weighted by molar-refractivity contribution is -0.247. The molecule has 2 N–H and O–H groups in total. The molecule has 0 aliphatic heterocycles. The monoisotopic (exact) mass is 1490 g/mol. The fourth-order valence-corrected chi connectivity index (χ4v) is 13.4. The van der Waals surface area contributed by atoms with Gasteiger partial charge in [0, 0.05) is 27.8 Å². The van der Waals surface area contributed by atoms with E-state index in [1.165, 1.54) is 61.2 Å². The van der Waals surface area contributed by atoms with Gasteiger partial charge >= 0.3 is 38.5 Å². The number of aliphatic hydroxyl groups is 1. The number of phenolic OH excluding ortho intramolecular Hbond substituents is 1. The van der Waals surface area contributed by atoms with Gasteiger partial charge < -0.3 is 28.4 Å². The molecule has 21 heteroatoms. The van der Waals surface area contributed by atoms with Crippen LogP contribution in [0.2, 0.25) is 0 Å². The third-order valence-corrected chi connectivity index (χ3v) is 21.4. The first-order valence-electron chi connectivity index (χ1n) is 31.4. The summed E-state index contributed by atoms with van der Waals surface area (Å²) in [6, 6.07) is 55.4. The largest absolute Gasteiger partial charge is 0.743 e. The van der Waals surface area contributed by atoms with Crippen molar-refractivity contribution in [2.45, 2.75) is 227 Å². The van der Waals surface area contributed by atoms with Crippen molar-refractivity contribution in [3.63, 3.8) is 0 Å². The molecule has 1 heterocycles. The summed E-state index contributed by atoms with van der Waals surface area (Å²) in [7, 11) is -14.2. The highest BCUT2D eigenvalue weighted by atomic mass is 32.2. The zero-order valence-corrected chi connectivity index (χ0v) is 57.2. The van der Waals surface area contributed by atoms with E-state index < -0.39 is 42.4 Å². The summed E-state index contributed by atoms with van der Waals surface area (Å²) in [6.45, 7) is 20.1. The van der Waals surface area contributed by atoms with Gasteiger partial charge in [-0.25, -0.2) is 8.42 Å². The highest BCUT2D eigenvalue weighted by Gasteiger charge is 2.81. The van der Waals surface area contributed by atoms with Crippen molar-refractivity contribution in [1.29, 1.82) is 0 Å². The SMILES string of the molecule is C.C.C.C.C.C.C.C.CCC(C)C(=O)Oc1ccc(-c2ccccc2)cc1.CCC(C)c1ccc(O)cc1.CCC(C)c1ccc(OS(=O)(=O)C(F)(F)C(F)(F)C(F)(F)S(=O)(=O)[O-])cc1.CCC1(OC(=O)C(C)(C)CC)CCCC1.OCCc1ccc(-[s+]2c3ccccc3c3ccccc32)cc1. The fraction of sp³-hybridized carbons (Fsp3) is 0.457. The first-order chi connectivity index (χ1) is 44.2. The summed E-state index contributed by atoms with van der Waals surface area (Å²) in [5, 5.41) is 7.14. The Morgan fingerprint density at radius 2 is 0.980 bits per heavy atom. The van der Waals surface area contributed by atoms with Crippen LogP contribution in [0.3, 0.4) is 0 Å². The minimum Gasteiger partial charge on any atom is -0.743 e. The molecule has 574 valence electrons. The van der Waals surface area contributed by atoms with Crippen LogP contribution in [0.15, 0.2) is 176 Å². The van der Waals surface area contributed by atoms with Crippen molar-refractivity contribution in [3.05, 3.63) is 193 Å². The normalized spacial score (nSPS) is 13.1. The first kappa shape index (κ1) is 101. The third-order valence-electron chi connectivity index (χ3n) is 16.9. The lowest BCUT2D eigenvalue weighted by Gasteiger charge is -2.32.